The fourth-order valence-corrected chi connectivity index (χ4v) is 4.38. The third-order valence-electron chi connectivity index (χ3n) is 5.52. The van der Waals surface area contributed by atoms with Gasteiger partial charge in [0, 0.05) is 19.1 Å². The molecule has 0 aromatic heterocycles. The molecule has 18 heavy (non-hydrogen) atoms. The van der Waals surface area contributed by atoms with E-state index in [1.807, 2.05) is 0 Å². The first-order valence-corrected chi connectivity index (χ1v) is 8.03. The summed E-state index contributed by atoms with van der Waals surface area (Å²) in [6.45, 7) is 7.60. The highest BCUT2D eigenvalue weighted by Gasteiger charge is 2.33. The SMILES string of the molecule is NCC1CCCC1CN1CCC(N2CCCC2)C1. The first-order chi connectivity index (χ1) is 8.86. The minimum absolute atomic E-state index is 0.816. The summed E-state index contributed by atoms with van der Waals surface area (Å²) in [5, 5.41) is 0. The second-order valence-corrected chi connectivity index (χ2v) is 6.63. The molecule has 0 aromatic carbocycles. The normalized spacial score (nSPS) is 38.8. The molecule has 3 heteroatoms. The Morgan fingerprint density at radius 2 is 1.67 bits per heavy atom. The maximum absolute atomic E-state index is 5.90. The number of nitrogens with zero attached hydrogens (tertiary/aromatic N) is 2. The van der Waals surface area contributed by atoms with Crippen LogP contribution < -0.4 is 5.73 Å². The molecule has 0 aromatic rings. The molecule has 3 fully saturated rings. The largest absolute Gasteiger partial charge is 0.330 e. The minimum Gasteiger partial charge on any atom is -0.330 e. The lowest BCUT2D eigenvalue weighted by molar-refractivity contribution is 0.206. The van der Waals surface area contributed by atoms with Crippen LogP contribution in [0.15, 0.2) is 0 Å². The summed E-state index contributed by atoms with van der Waals surface area (Å²) in [6, 6.07) is 0.866. The average molecular weight is 251 g/mol. The van der Waals surface area contributed by atoms with Gasteiger partial charge in [-0.25, -0.2) is 0 Å². The summed E-state index contributed by atoms with van der Waals surface area (Å²) >= 11 is 0. The monoisotopic (exact) mass is 251 g/mol. The van der Waals surface area contributed by atoms with E-state index in [-0.39, 0.29) is 0 Å². The Bertz CT molecular complexity index is 262. The average Bonchev–Trinajstić information content (AvgIpc) is 3.10. The molecule has 2 N–H and O–H groups in total. The van der Waals surface area contributed by atoms with Gasteiger partial charge in [-0.15, -0.1) is 0 Å². The van der Waals surface area contributed by atoms with Gasteiger partial charge >= 0.3 is 0 Å². The smallest absolute Gasteiger partial charge is 0.0235 e. The molecule has 0 amide bonds. The standard InChI is InChI=1S/C15H29N3/c16-10-13-4-3-5-14(13)11-17-9-6-15(12-17)18-7-1-2-8-18/h13-15H,1-12,16H2. The zero-order valence-electron chi connectivity index (χ0n) is 11.7. The second kappa shape index (κ2) is 5.89. The van der Waals surface area contributed by atoms with E-state index in [1.165, 1.54) is 71.2 Å². The molecular weight excluding hydrogens is 222 g/mol. The van der Waals surface area contributed by atoms with Crippen LogP contribution in [0.25, 0.3) is 0 Å². The van der Waals surface area contributed by atoms with Crippen molar-refractivity contribution in [3.63, 3.8) is 0 Å². The maximum atomic E-state index is 5.90. The number of hydrogen-bond acceptors (Lipinski definition) is 3. The Labute approximate surface area is 112 Å². The van der Waals surface area contributed by atoms with Gasteiger partial charge in [-0.3, -0.25) is 4.90 Å². The van der Waals surface area contributed by atoms with Gasteiger partial charge in [0.1, 0.15) is 0 Å². The topological polar surface area (TPSA) is 32.5 Å². The van der Waals surface area contributed by atoms with Crippen molar-refractivity contribution in [3.8, 4) is 0 Å². The van der Waals surface area contributed by atoms with Crippen LogP contribution >= 0.6 is 0 Å². The molecule has 2 saturated heterocycles. The summed E-state index contributed by atoms with van der Waals surface area (Å²) in [5.74, 6) is 1.71. The van der Waals surface area contributed by atoms with Gasteiger partial charge < -0.3 is 10.6 Å². The van der Waals surface area contributed by atoms with Gasteiger partial charge in [0.2, 0.25) is 0 Å². The molecule has 104 valence electrons. The summed E-state index contributed by atoms with van der Waals surface area (Å²) in [6.07, 6.45) is 8.47. The summed E-state index contributed by atoms with van der Waals surface area (Å²) in [5.41, 5.74) is 5.90. The maximum Gasteiger partial charge on any atom is 0.0235 e. The molecule has 3 nitrogen and oxygen atoms in total. The van der Waals surface area contributed by atoms with Gasteiger partial charge in [0.05, 0.1) is 0 Å². The first-order valence-electron chi connectivity index (χ1n) is 8.03. The van der Waals surface area contributed by atoms with Crippen molar-refractivity contribution in [2.24, 2.45) is 17.6 Å². The number of hydrogen-bond donors (Lipinski definition) is 1. The summed E-state index contributed by atoms with van der Waals surface area (Å²) in [4.78, 5) is 5.46. The third kappa shape index (κ3) is 2.73. The van der Waals surface area contributed by atoms with E-state index in [9.17, 15) is 0 Å². The fourth-order valence-electron chi connectivity index (χ4n) is 4.38. The Morgan fingerprint density at radius 3 is 2.44 bits per heavy atom. The number of likely N-dealkylation sites (tertiary alicyclic amines) is 2. The lowest BCUT2D eigenvalue weighted by atomic mass is 9.96. The number of rotatable bonds is 4. The zero-order chi connectivity index (χ0) is 12.4. The van der Waals surface area contributed by atoms with Gasteiger partial charge in [0.25, 0.3) is 0 Å². The molecule has 2 aliphatic heterocycles. The molecular formula is C15H29N3. The lowest BCUT2D eigenvalue weighted by Crippen LogP contribution is -2.37. The highest BCUT2D eigenvalue weighted by atomic mass is 15.3. The molecule has 3 atom stereocenters. The van der Waals surface area contributed by atoms with Crippen molar-refractivity contribution in [2.75, 3.05) is 39.3 Å². The van der Waals surface area contributed by atoms with E-state index in [2.05, 4.69) is 9.80 Å². The van der Waals surface area contributed by atoms with E-state index in [0.717, 1.165) is 24.4 Å². The predicted octanol–water partition coefficient (Wildman–Crippen LogP) is 1.53. The van der Waals surface area contributed by atoms with Crippen LogP contribution in [-0.4, -0.2) is 55.1 Å². The predicted molar refractivity (Wildman–Crippen MR) is 75.5 cm³/mol. The van der Waals surface area contributed by atoms with E-state index < -0.39 is 0 Å². The van der Waals surface area contributed by atoms with Crippen LogP contribution in [0.3, 0.4) is 0 Å². The van der Waals surface area contributed by atoms with Gasteiger partial charge in [-0.1, -0.05) is 6.42 Å². The van der Waals surface area contributed by atoms with E-state index >= 15 is 0 Å². The van der Waals surface area contributed by atoms with Crippen molar-refractivity contribution < 1.29 is 0 Å². The van der Waals surface area contributed by atoms with E-state index in [1.54, 1.807) is 0 Å². The van der Waals surface area contributed by atoms with Gasteiger partial charge in [-0.05, 0) is 70.1 Å². The van der Waals surface area contributed by atoms with Crippen LogP contribution in [0.2, 0.25) is 0 Å². The second-order valence-electron chi connectivity index (χ2n) is 6.63. The highest BCUT2D eigenvalue weighted by molar-refractivity contribution is 4.88. The van der Waals surface area contributed by atoms with Crippen LogP contribution in [-0.2, 0) is 0 Å². The Hall–Kier alpha value is -0.120. The van der Waals surface area contributed by atoms with Crippen LogP contribution in [0.5, 0.6) is 0 Å². The molecule has 1 aliphatic carbocycles. The molecule has 3 rings (SSSR count). The molecule has 0 radical (unpaired) electrons. The zero-order valence-corrected chi connectivity index (χ0v) is 11.7. The van der Waals surface area contributed by atoms with Crippen molar-refractivity contribution in [1.29, 1.82) is 0 Å². The molecule has 0 bridgehead atoms. The summed E-state index contributed by atoms with van der Waals surface area (Å²) in [7, 11) is 0. The molecule has 2 heterocycles. The molecule has 0 spiro atoms. The van der Waals surface area contributed by atoms with Crippen LogP contribution in [0, 0.1) is 11.8 Å². The minimum atomic E-state index is 0.816. The molecule has 3 unspecified atom stereocenters. The van der Waals surface area contributed by atoms with E-state index in [4.69, 9.17) is 5.73 Å². The van der Waals surface area contributed by atoms with Gasteiger partial charge in [-0.2, -0.15) is 0 Å². The Kier molecular flexibility index (Phi) is 4.22. The third-order valence-corrected chi connectivity index (χ3v) is 5.52. The quantitative estimate of drug-likeness (QED) is 0.822. The van der Waals surface area contributed by atoms with Crippen molar-refractivity contribution in [1.82, 2.24) is 9.80 Å². The van der Waals surface area contributed by atoms with Crippen molar-refractivity contribution in [3.05, 3.63) is 0 Å². The first kappa shape index (κ1) is 12.9. The van der Waals surface area contributed by atoms with E-state index in [0.29, 0.717) is 0 Å². The molecule has 1 saturated carbocycles. The summed E-state index contributed by atoms with van der Waals surface area (Å²) < 4.78 is 0. The van der Waals surface area contributed by atoms with Crippen LogP contribution in [0.4, 0.5) is 0 Å². The van der Waals surface area contributed by atoms with Crippen molar-refractivity contribution >= 4 is 0 Å². The lowest BCUT2D eigenvalue weighted by Gasteiger charge is -2.26. The highest BCUT2D eigenvalue weighted by Crippen LogP contribution is 2.32. The number of nitrogens with two attached hydrogens (primary N) is 1. The van der Waals surface area contributed by atoms with Crippen LogP contribution in [0.1, 0.15) is 38.5 Å². The fraction of sp³-hybridized carbons (Fsp3) is 1.00. The van der Waals surface area contributed by atoms with Gasteiger partial charge in [0.15, 0.2) is 0 Å². The Balaban J connectivity index is 1.47. The molecule has 3 aliphatic rings. The Morgan fingerprint density at radius 1 is 0.889 bits per heavy atom. The van der Waals surface area contributed by atoms with Crippen molar-refractivity contribution in [2.45, 2.75) is 44.6 Å².